The van der Waals surface area contributed by atoms with Crippen molar-refractivity contribution in [2.45, 2.75) is 26.7 Å². The van der Waals surface area contributed by atoms with Gasteiger partial charge in [-0.3, -0.25) is 4.79 Å². The standard InChI is InChI=1S/C25H24BrNO3S/c1-4-30-25(29)23-21(19-10-12-20(26)13-11-19)15-31-24(23)27-22(28)14-7-17-5-8-18(9-6-17)16(2)3/h5-16H,4H2,1-3H3,(H,27,28)/b14-7+. The molecule has 3 rings (SSSR count). The largest absolute Gasteiger partial charge is 0.462 e. The molecule has 0 unspecified atom stereocenters. The van der Waals surface area contributed by atoms with Gasteiger partial charge < -0.3 is 10.1 Å². The molecule has 1 aromatic heterocycles. The fourth-order valence-electron chi connectivity index (χ4n) is 3.02. The lowest BCUT2D eigenvalue weighted by atomic mass is 10.0. The molecule has 1 heterocycles. The van der Waals surface area contributed by atoms with Gasteiger partial charge in [0.1, 0.15) is 10.6 Å². The molecule has 3 aromatic rings. The summed E-state index contributed by atoms with van der Waals surface area (Å²) in [6, 6.07) is 15.7. The number of hydrogen-bond donors (Lipinski definition) is 1. The van der Waals surface area contributed by atoms with Gasteiger partial charge in [-0.2, -0.15) is 0 Å². The van der Waals surface area contributed by atoms with Crippen molar-refractivity contribution in [2.75, 3.05) is 11.9 Å². The SMILES string of the molecule is CCOC(=O)c1c(-c2ccc(Br)cc2)csc1NC(=O)/C=C/c1ccc(C(C)C)cc1. The van der Waals surface area contributed by atoms with Crippen LogP contribution in [0.1, 0.15) is 48.2 Å². The van der Waals surface area contributed by atoms with Crippen LogP contribution in [0.4, 0.5) is 5.00 Å². The molecule has 0 aliphatic rings. The minimum absolute atomic E-state index is 0.258. The van der Waals surface area contributed by atoms with Gasteiger partial charge in [-0.05, 0) is 47.7 Å². The van der Waals surface area contributed by atoms with Crippen molar-refractivity contribution in [3.63, 3.8) is 0 Å². The van der Waals surface area contributed by atoms with Gasteiger partial charge >= 0.3 is 5.97 Å². The first kappa shape index (κ1) is 23.0. The normalized spacial score (nSPS) is 11.1. The Morgan fingerprint density at radius 1 is 1.10 bits per heavy atom. The number of anilines is 1. The Bertz CT molecular complexity index is 1080. The van der Waals surface area contributed by atoms with Crippen LogP contribution in [-0.4, -0.2) is 18.5 Å². The molecular formula is C25H24BrNO3S. The molecule has 0 aliphatic carbocycles. The highest BCUT2D eigenvalue weighted by molar-refractivity contribution is 9.10. The smallest absolute Gasteiger partial charge is 0.341 e. The molecule has 0 saturated heterocycles. The summed E-state index contributed by atoms with van der Waals surface area (Å²) in [6.45, 7) is 6.30. The zero-order valence-corrected chi connectivity index (χ0v) is 20.0. The number of hydrogen-bond acceptors (Lipinski definition) is 4. The Balaban J connectivity index is 1.82. The first-order chi connectivity index (χ1) is 14.9. The van der Waals surface area contributed by atoms with Crippen LogP contribution in [0.15, 0.2) is 64.5 Å². The molecule has 0 spiro atoms. The van der Waals surface area contributed by atoms with E-state index in [-0.39, 0.29) is 12.5 Å². The molecule has 1 amide bonds. The molecule has 1 N–H and O–H groups in total. The molecule has 2 aromatic carbocycles. The summed E-state index contributed by atoms with van der Waals surface area (Å²) in [4.78, 5) is 25.2. The Morgan fingerprint density at radius 2 is 1.77 bits per heavy atom. The number of amides is 1. The number of carbonyl (C=O) groups is 2. The van der Waals surface area contributed by atoms with Crippen molar-refractivity contribution in [1.82, 2.24) is 0 Å². The highest BCUT2D eigenvalue weighted by atomic mass is 79.9. The molecule has 4 nitrogen and oxygen atoms in total. The van der Waals surface area contributed by atoms with Crippen molar-refractivity contribution in [3.8, 4) is 11.1 Å². The first-order valence-corrected chi connectivity index (χ1v) is 11.7. The van der Waals surface area contributed by atoms with Crippen molar-refractivity contribution < 1.29 is 14.3 Å². The van der Waals surface area contributed by atoms with E-state index in [0.717, 1.165) is 21.2 Å². The van der Waals surface area contributed by atoms with Crippen LogP contribution >= 0.6 is 27.3 Å². The molecule has 0 radical (unpaired) electrons. The summed E-state index contributed by atoms with van der Waals surface area (Å²) in [7, 11) is 0. The number of carbonyl (C=O) groups excluding carboxylic acids is 2. The minimum atomic E-state index is -0.453. The second-order valence-electron chi connectivity index (χ2n) is 7.22. The molecule has 6 heteroatoms. The first-order valence-electron chi connectivity index (χ1n) is 10.0. The van der Waals surface area contributed by atoms with E-state index in [1.807, 2.05) is 41.8 Å². The van der Waals surface area contributed by atoms with E-state index in [9.17, 15) is 9.59 Å². The lowest BCUT2D eigenvalue weighted by molar-refractivity contribution is -0.111. The maximum atomic E-state index is 12.6. The highest BCUT2D eigenvalue weighted by Crippen LogP contribution is 2.36. The van der Waals surface area contributed by atoms with Gasteiger partial charge in [-0.1, -0.05) is 66.2 Å². The van der Waals surface area contributed by atoms with Crippen LogP contribution in [0.2, 0.25) is 0 Å². The molecule has 0 saturated carbocycles. The average Bonchev–Trinajstić information content (AvgIpc) is 3.16. The Labute approximate surface area is 195 Å². The molecule has 0 bridgehead atoms. The van der Waals surface area contributed by atoms with Gasteiger partial charge in [0.2, 0.25) is 5.91 Å². The summed E-state index contributed by atoms with van der Waals surface area (Å²) in [6.07, 6.45) is 3.23. The summed E-state index contributed by atoms with van der Waals surface area (Å²) < 4.78 is 6.19. The van der Waals surface area contributed by atoms with Crippen molar-refractivity contribution in [2.24, 2.45) is 0 Å². The van der Waals surface area contributed by atoms with Gasteiger partial charge in [0, 0.05) is 21.5 Å². The fourth-order valence-corrected chi connectivity index (χ4v) is 4.24. The average molecular weight is 498 g/mol. The Hall–Kier alpha value is -2.70. The molecular weight excluding hydrogens is 474 g/mol. The summed E-state index contributed by atoms with van der Waals surface area (Å²) in [5.41, 5.74) is 4.17. The third-order valence-electron chi connectivity index (χ3n) is 4.69. The van der Waals surface area contributed by atoms with E-state index < -0.39 is 5.97 Å². The third kappa shape index (κ3) is 5.93. The summed E-state index contributed by atoms with van der Waals surface area (Å²) in [5.74, 6) is -0.297. The number of benzene rings is 2. The fraction of sp³-hybridized carbons (Fsp3) is 0.200. The minimum Gasteiger partial charge on any atom is -0.462 e. The van der Waals surface area contributed by atoms with E-state index in [2.05, 4.69) is 47.2 Å². The second-order valence-corrected chi connectivity index (χ2v) is 9.02. The summed E-state index contributed by atoms with van der Waals surface area (Å²) >= 11 is 4.73. The maximum absolute atomic E-state index is 12.6. The van der Waals surface area contributed by atoms with E-state index >= 15 is 0 Å². The lowest BCUT2D eigenvalue weighted by Crippen LogP contribution is -2.12. The maximum Gasteiger partial charge on any atom is 0.341 e. The van der Waals surface area contributed by atoms with Gasteiger partial charge in [-0.15, -0.1) is 11.3 Å². The van der Waals surface area contributed by atoms with E-state index in [1.54, 1.807) is 13.0 Å². The number of rotatable bonds is 7. The van der Waals surface area contributed by atoms with Crippen LogP contribution < -0.4 is 5.32 Å². The third-order valence-corrected chi connectivity index (χ3v) is 6.12. The zero-order valence-electron chi connectivity index (χ0n) is 17.6. The van der Waals surface area contributed by atoms with Gasteiger partial charge in [0.05, 0.1) is 6.61 Å². The van der Waals surface area contributed by atoms with Crippen LogP contribution in [0.3, 0.4) is 0 Å². The molecule has 160 valence electrons. The second kappa shape index (κ2) is 10.6. The van der Waals surface area contributed by atoms with Crippen LogP contribution in [0, 0.1) is 0 Å². The number of nitrogens with one attached hydrogen (secondary N) is 1. The van der Waals surface area contributed by atoms with Gasteiger partial charge in [-0.25, -0.2) is 4.79 Å². The lowest BCUT2D eigenvalue weighted by Gasteiger charge is -2.08. The number of esters is 1. The zero-order chi connectivity index (χ0) is 22.4. The number of halogens is 1. The monoisotopic (exact) mass is 497 g/mol. The Kier molecular flexibility index (Phi) is 7.82. The van der Waals surface area contributed by atoms with E-state index in [1.165, 1.54) is 23.0 Å². The van der Waals surface area contributed by atoms with E-state index in [0.29, 0.717) is 16.5 Å². The molecule has 0 fully saturated rings. The van der Waals surface area contributed by atoms with Gasteiger partial charge in [0.25, 0.3) is 0 Å². The van der Waals surface area contributed by atoms with Crippen LogP contribution in [0.25, 0.3) is 17.2 Å². The van der Waals surface area contributed by atoms with Gasteiger partial charge in [0.15, 0.2) is 0 Å². The Morgan fingerprint density at radius 3 is 2.39 bits per heavy atom. The van der Waals surface area contributed by atoms with Crippen LogP contribution in [0.5, 0.6) is 0 Å². The van der Waals surface area contributed by atoms with Crippen LogP contribution in [-0.2, 0) is 9.53 Å². The van der Waals surface area contributed by atoms with Crippen molar-refractivity contribution in [3.05, 3.63) is 81.2 Å². The molecule has 0 atom stereocenters. The summed E-state index contributed by atoms with van der Waals surface area (Å²) in [5, 5.41) is 5.17. The molecule has 0 aliphatic heterocycles. The quantitative estimate of drug-likeness (QED) is 0.279. The van der Waals surface area contributed by atoms with Crippen molar-refractivity contribution >= 4 is 50.2 Å². The van der Waals surface area contributed by atoms with E-state index in [4.69, 9.17) is 4.74 Å². The predicted molar refractivity (Wildman–Crippen MR) is 132 cm³/mol. The predicted octanol–water partition coefficient (Wildman–Crippen LogP) is 7.13. The number of ether oxygens (including phenoxy) is 1. The number of thiophene rings is 1. The topological polar surface area (TPSA) is 55.4 Å². The molecule has 31 heavy (non-hydrogen) atoms. The van der Waals surface area contributed by atoms with Crippen molar-refractivity contribution in [1.29, 1.82) is 0 Å². The highest BCUT2D eigenvalue weighted by Gasteiger charge is 2.22.